The molecular weight excluding hydrogens is 264 g/mol. The van der Waals surface area contributed by atoms with Gasteiger partial charge in [-0.05, 0) is 38.6 Å². The zero-order chi connectivity index (χ0) is 14.7. The minimum absolute atomic E-state index is 0.580. The Balaban J connectivity index is 1.72. The topological polar surface area (TPSA) is 54.2 Å². The van der Waals surface area contributed by atoms with Crippen molar-refractivity contribution >= 4 is 0 Å². The van der Waals surface area contributed by atoms with Crippen LogP contribution in [0.15, 0.2) is 28.8 Å². The number of aryl methyl sites for hydroxylation is 1. The van der Waals surface area contributed by atoms with Gasteiger partial charge in [0.05, 0.1) is 6.54 Å². The monoisotopic (exact) mass is 286 g/mol. The maximum atomic E-state index is 5.41. The summed E-state index contributed by atoms with van der Waals surface area (Å²) in [5, 5.41) is 7.54. The van der Waals surface area contributed by atoms with Crippen LogP contribution in [0.1, 0.15) is 24.7 Å². The third-order valence-corrected chi connectivity index (χ3v) is 4.03. The number of likely N-dealkylation sites (N-methyl/N-ethyl adjacent to an activating group) is 1. The fourth-order valence-electron chi connectivity index (χ4n) is 2.85. The first-order chi connectivity index (χ1) is 10.3. The Morgan fingerprint density at radius 1 is 1.43 bits per heavy atom. The molecule has 0 saturated carbocycles. The lowest BCUT2D eigenvalue weighted by Crippen LogP contribution is -2.36. The van der Waals surface area contributed by atoms with Crippen LogP contribution in [0.3, 0.4) is 0 Å². The Morgan fingerprint density at radius 3 is 3.05 bits per heavy atom. The summed E-state index contributed by atoms with van der Waals surface area (Å²) in [5.41, 5.74) is 2.18. The van der Waals surface area contributed by atoms with E-state index in [2.05, 4.69) is 46.3 Å². The second kappa shape index (κ2) is 6.37. The van der Waals surface area contributed by atoms with Crippen LogP contribution in [-0.2, 0) is 6.54 Å². The summed E-state index contributed by atoms with van der Waals surface area (Å²) < 4.78 is 5.41. The van der Waals surface area contributed by atoms with Gasteiger partial charge in [0.25, 0.3) is 5.89 Å². The van der Waals surface area contributed by atoms with Crippen LogP contribution in [0, 0.1) is 6.92 Å². The standard InChI is InChI=1S/C16H22N4O/c1-3-20(14-7-8-17-10-14)11-15-18-16(21-19-15)13-6-4-5-12(2)9-13/h4-6,9,14,17H,3,7-8,10-11H2,1-2H3. The van der Waals surface area contributed by atoms with Crippen molar-refractivity contribution in [2.24, 2.45) is 0 Å². The normalized spacial score (nSPS) is 18.5. The van der Waals surface area contributed by atoms with Crippen molar-refractivity contribution in [2.45, 2.75) is 32.9 Å². The van der Waals surface area contributed by atoms with E-state index in [1.807, 2.05) is 12.1 Å². The summed E-state index contributed by atoms with van der Waals surface area (Å²) in [6, 6.07) is 8.72. The summed E-state index contributed by atoms with van der Waals surface area (Å²) in [6.07, 6.45) is 1.19. The maximum Gasteiger partial charge on any atom is 0.257 e. The maximum absolute atomic E-state index is 5.41. The van der Waals surface area contributed by atoms with Gasteiger partial charge in [-0.25, -0.2) is 0 Å². The summed E-state index contributed by atoms with van der Waals surface area (Å²) in [6.45, 7) is 8.14. The average molecular weight is 286 g/mol. The van der Waals surface area contributed by atoms with Gasteiger partial charge in [-0.15, -0.1) is 0 Å². The lowest BCUT2D eigenvalue weighted by molar-refractivity contribution is 0.202. The minimum Gasteiger partial charge on any atom is -0.334 e. The van der Waals surface area contributed by atoms with E-state index in [0.717, 1.165) is 37.6 Å². The lowest BCUT2D eigenvalue weighted by atomic mass is 10.1. The number of hydrogen-bond donors (Lipinski definition) is 1. The van der Waals surface area contributed by atoms with Gasteiger partial charge in [-0.2, -0.15) is 4.98 Å². The molecular formula is C16H22N4O. The van der Waals surface area contributed by atoms with Crippen LogP contribution in [0.5, 0.6) is 0 Å². The number of benzene rings is 1. The summed E-state index contributed by atoms with van der Waals surface area (Å²) in [7, 11) is 0. The van der Waals surface area contributed by atoms with Gasteiger partial charge in [-0.3, -0.25) is 4.90 Å². The molecule has 1 aliphatic heterocycles. The van der Waals surface area contributed by atoms with Crippen molar-refractivity contribution in [1.29, 1.82) is 0 Å². The first-order valence-corrected chi connectivity index (χ1v) is 7.60. The van der Waals surface area contributed by atoms with E-state index in [4.69, 9.17) is 4.52 Å². The van der Waals surface area contributed by atoms with Crippen molar-refractivity contribution < 1.29 is 4.52 Å². The van der Waals surface area contributed by atoms with Gasteiger partial charge < -0.3 is 9.84 Å². The number of rotatable bonds is 5. The quantitative estimate of drug-likeness (QED) is 0.913. The molecule has 1 fully saturated rings. The molecule has 1 atom stereocenters. The Hall–Kier alpha value is -1.72. The predicted octanol–water partition coefficient (Wildman–Crippen LogP) is 2.23. The lowest BCUT2D eigenvalue weighted by Gasteiger charge is -2.25. The molecule has 1 aromatic carbocycles. The van der Waals surface area contributed by atoms with Crippen LogP contribution in [0.2, 0.25) is 0 Å². The minimum atomic E-state index is 0.580. The van der Waals surface area contributed by atoms with E-state index < -0.39 is 0 Å². The molecule has 5 heteroatoms. The van der Waals surface area contributed by atoms with Gasteiger partial charge in [-0.1, -0.05) is 29.8 Å². The van der Waals surface area contributed by atoms with E-state index in [1.54, 1.807) is 0 Å². The van der Waals surface area contributed by atoms with Crippen molar-refractivity contribution in [1.82, 2.24) is 20.4 Å². The Labute approximate surface area is 125 Å². The Morgan fingerprint density at radius 2 is 2.33 bits per heavy atom. The highest BCUT2D eigenvalue weighted by molar-refractivity contribution is 5.53. The number of hydrogen-bond acceptors (Lipinski definition) is 5. The van der Waals surface area contributed by atoms with Crippen LogP contribution in [0.4, 0.5) is 0 Å². The smallest absolute Gasteiger partial charge is 0.257 e. The van der Waals surface area contributed by atoms with E-state index >= 15 is 0 Å². The van der Waals surface area contributed by atoms with Gasteiger partial charge in [0.1, 0.15) is 0 Å². The highest BCUT2D eigenvalue weighted by Crippen LogP contribution is 2.19. The molecule has 1 aromatic heterocycles. The molecule has 3 rings (SSSR count). The molecule has 2 aromatic rings. The fraction of sp³-hybridized carbons (Fsp3) is 0.500. The molecule has 1 aliphatic rings. The molecule has 2 heterocycles. The zero-order valence-electron chi connectivity index (χ0n) is 12.7. The summed E-state index contributed by atoms with van der Waals surface area (Å²) in [4.78, 5) is 6.95. The second-order valence-corrected chi connectivity index (χ2v) is 5.59. The van der Waals surface area contributed by atoms with Crippen molar-refractivity contribution in [3.8, 4) is 11.5 Å². The van der Waals surface area contributed by atoms with Crippen LogP contribution >= 0.6 is 0 Å². The molecule has 1 unspecified atom stereocenters. The Kier molecular flexibility index (Phi) is 4.31. The van der Waals surface area contributed by atoms with E-state index in [-0.39, 0.29) is 0 Å². The molecule has 112 valence electrons. The molecule has 0 radical (unpaired) electrons. The van der Waals surface area contributed by atoms with Crippen LogP contribution in [-0.4, -0.2) is 40.7 Å². The summed E-state index contributed by atoms with van der Waals surface area (Å²) in [5.74, 6) is 1.37. The van der Waals surface area contributed by atoms with E-state index in [1.165, 1.54) is 12.0 Å². The second-order valence-electron chi connectivity index (χ2n) is 5.59. The van der Waals surface area contributed by atoms with Gasteiger partial charge in [0, 0.05) is 18.2 Å². The number of aromatic nitrogens is 2. The van der Waals surface area contributed by atoms with Gasteiger partial charge >= 0.3 is 0 Å². The van der Waals surface area contributed by atoms with Crippen molar-refractivity contribution in [2.75, 3.05) is 19.6 Å². The molecule has 0 aliphatic carbocycles. The molecule has 0 bridgehead atoms. The zero-order valence-corrected chi connectivity index (χ0v) is 12.7. The fourth-order valence-corrected chi connectivity index (χ4v) is 2.85. The van der Waals surface area contributed by atoms with Gasteiger partial charge in [0.2, 0.25) is 0 Å². The predicted molar refractivity (Wildman–Crippen MR) is 81.8 cm³/mol. The molecule has 1 saturated heterocycles. The molecule has 1 N–H and O–H groups in total. The molecule has 5 nitrogen and oxygen atoms in total. The molecule has 21 heavy (non-hydrogen) atoms. The molecule has 0 amide bonds. The van der Waals surface area contributed by atoms with Crippen LogP contribution < -0.4 is 5.32 Å². The first kappa shape index (κ1) is 14.2. The average Bonchev–Trinajstić information content (AvgIpc) is 3.16. The highest BCUT2D eigenvalue weighted by atomic mass is 16.5. The first-order valence-electron chi connectivity index (χ1n) is 7.60. The third kappa shape index (κ3) is 3.31. The highest BCUT2D eigenvalue weighted by Gasteiger charge is 2.22. The van der Waals surface area contributed by atoms with Crippen molar-refractivity contribution in [3.05, 3.63) is 35.7 Å². The number of nitrogens with one attached hydrogen (secondary N) is 1. The largest absolute Gasteiger partial charge is 0.334 e. The SMILES string of the molecule is CCN(Cc1noc(-c2cccc(C)c2)n1)C1CCNC1. The van der Waals surface area contributed by atoms with Crippen LogP contribution in [0.25, 0.3) is 11.5 Å². The Bertz CT molecular complexity index is 589. The third-order valence-electron chi connectivity index (χ3n) is 4.03. The van der Waals surface area contributed by atoms with Crippen molar-refractivity contribution in [3.63, 3.8) is 0 Å². The summed E-state index contributed by atoms with van der Waals surface area (Å²) >= 11 is 0. The molecule has 0 spiro atoms. The van der Waals surface area contributed by atoms with Gasteiger partial charge in [0.15, 0.2) is 5.82 Å². The number of nitrogens with zero attached hydrogens (tertiary/aromatic N) is 3. The van der Waals surface area contributed by atoms with E-state index in [0.29, 0.717) is 11.9 Å². The van der Waals surface area contributed by atoms with E-state index in [9.17, 15) is 0 Å².